The van der Waals surface area contributed by atoms with Gasteiger partial charge in [0.05, 0.1) is 12.0 Å². The van der Waals surface area contributed by atoms with Gasteiger partial charge >= 0.3 is 12.1 Å². The number of aliphatic carboxylic acids is 1. The average Bonchev–Trinajstić information content (AvgIpc) is 2.39. The molecule has 0 aliphatic heterocycles. The number of alkyl halides is 3. The van der Waals surface area contributed by atoms with Gasteiger partial charge in [-0.15, -0.1) is 0 Å². The number of hydrogen-bond donors (Lipinski definition) is 1. The first kappa shape index (κ1) is 15.3. The van der Waals surface area contributed by atoms with Crippen LogP contribution < -0.4 is 0 Å². The van der Waals surface area contributed by atoms with Crippen molar-refractivity contribution in [1.82, 2.24) is 4.98 Å². The standard InChI is InChI=1S/C14H9ClF3NO2/c15-13-11(4-8(7-19-13)5-12(20)21)9-2-1-3-10(6-9)14(16,17)18/h1-4,6-7H,5H2,(H,20,21). The summed E-state index contributed by atoms with van der Waals surface area (Å²) in [7, 11) is 0. The zero-order valence-electron chi connectivity index (χ0n) is 10.5. The third-order valence-electron chi connectivity index (χ3n) is 2.75. The highest BCUT2D eigenvalue weighted by Crippen LogP contribution is 2.34. The van der Waals surface area contributed by atoms with Gasteiger partial charge in [0.2, 0.25) is 0 Å². The molecule has 1 aromatic heterocycles. The molecule has 0 fully saturated rings. The van der Waals surface area contributed by atoms with Gasteiger partial charge in [0, 0.05) is 11.8 Å². The van der Waals surface area contributed by atoms with Crippen LogP contribution in [-0.2, 0) is 17.4 Å². The van der Waals surface area contributed by atoms with Crippen LogP contribution in [0.25, 0.3) is 11.1 Å². The predicted octanol–water partition coefficient (Wildman–Crippen LogP) is 4.05. The van der Waals surface area contributed by atoms with Crippen LogP contribution in [0.15, 0.2) is 36.5 Å². The number of hydrogen-bond acceptors (Lipinski definition) is 2. The molecular formula is C14H9ClF3NO2. The summed E-state index contributed by atoms with van der Waals surface area (Å²) in [6.07, 6.45) is -3.46. The van der Waals surface area contributed by atoms with E-state index in [4.69, 9.17) is 16.7 Å². The lowest BCUT2D eigenvalue weighted by Gasteiger charge is -2.10. The van der Waals surface area contributed by atoms with Gasteiger partial charge in [-0.2, -0.15) is 13.2 Å². The van der Waals surface area contributed by atoms with Crippen molar-refractivity contribution in [2.24, 2.45) is 0 Å². The summed E-state index contributed by atoms with van der Waals surface area (Å²) in [6.45, 7) is 0. The fourth-order valence-corrected chi connectivity index (χ4v) is 2.04. The normalized spacial score (nSPS) is 11.4. The first-order valence-electron chi connectivity index (χ1n) is 5.81. The number of pyridine rings is 1. The minimum absolute atomic E-state index is 0.0171. The Morgan fingerprint density at radius 1 is 1.29 bits per heavy atom. The number of nitrogens with zero attached hydrogens (tertiary/aromatic N) is 1. The van der Waals surface area contributed by atoms with Gasteiger partial charge in [0.15, 0.2) is 0 Å². The first-order chi connectivity index (χ1) is 9.77. The number of benzene rings is 1. The molecule has 0 unspecified atom stereocenters. The summed E-state index contributed by atoms with van der Waals surface area (Å²) in [5.41, 5.74) is 0.0510. The van der Waals surface area contributed by atoms with Gasteiger partial charge in [0.25, 0.3) is 0 Å². The molecule has 1 aromatic carbocycles. The maximum absolute atomic E-state index is 12.7. The average molecular weight is 316 g/mol. The molecule has 1 N–H and O–H groups in total. The van der Waals surface area contributed by atoms with Crippen LogP contribution in [0.5, 0.6) is 0 Å². The highest BCUT2D eigenvalue weighted by molar-refractivity contribution is 6.32. The monoisotopic (exact) mass is 315 g/mol. The van der Waals surface area contributed by atoms with E-state index in [1.807, 2.05) is 0 Å². The molecule has 0 spiro atoms. The lowest BCUT2D eigenvalue weighted by Crippen LogP contribution is -2.05. The Bertz CT molecular complexity index is 686. The van der Waals surface area contributed by atoms with E-state index in [0.717, 1.165) is 12.1 Å². The van der Waals surface area contributed by atoms with Crippen LogP contribution in [-0.4, -0.2) is 16.1 Å². The van der Waals surface area contributed by atoms with Gasteiger partial charge in [-0.05, 0) is 29.3 Å². The van der Waals surface area contributed by atoms with Crippen LogP contribution in [0.4, 0.5) is 13.2 Å². The van der Waals surface area contributed by atoms with Crippen LogP contribution in [0, 0.1) is 0 Å². The molecular weight excluding hydrogens is 307 g/mol. The second-order valence-corrected chi connectivity index (χ2v) is 4.69. The molecule has 0 atom stereocenters. The van der Waals surface area contributed by atoms with Gasteiger partial charge in [-0.3, -0.25) is 4.79 Å². The summed E-state index contributed by atoms with van der Waals surface area (Å²) >= 11 is 5.89. The fraction of sp³-hybridized carbons (Fsp3) is 0.143. The van der Waals surface area contributed by atoms with E-state index in [2.05, 4.69) is 4.98 Å². The molecule has 0 amide bonds. The topological polar surface area (TPSA) is 50.2 Å². The van der Waals surface area contributed by atoms with Crippen molar-refractivity contribution in [1.29, 1.82) is 0 Å². The van der Waals surface area contributed by atoms with Gasteiger partial charge in [0.1, 0.15) is 5.15 Å². The lowest BCUT2D eigenvalue weighted by atomic mass is 10.0. The number of rotatable bonds is 3. The molecule has 0 aliphatic carbocycles. The summed E-state index contributed by atoms with van der Waals surface area (Å²) in [6, 6.07) is 6.05. The molecule has 2 rings (SSSR count). The van der Waals surface area contributed by atoms with Gasteiger partial charge in [-0.25, -0.2) is 4.98 Å². The second kappa shape index (κ2) is 5.73. The van der Waals surface area contributed by atoms with Crippen LogP contribution in [0.2, 0.25) is 5.15 Å². The molecule has 1 heterocycles. The third kappa shape index (κ3) is 3.72. The highest BCUT2D eigenvalue weighted by atomic mass is 35.5. The second-order valence-electron chi connectivity index (χ2n) is 4.33. The fourth-order valence-electron chi connectivity index (χ4n) is 1.83. The van der Waals surface area contributed by atoms with Crippen LogP contribution >= 0.6 is 11.6 Å². The SMILES string of the molecule is O=C(O)Cc1cnc(Cl)c(-c2cccc(C(F)(F)F)c2)c1. The van der Waals surface area contributed by atoms with Crippen molar-refractivity contribution in [2.45, 2.75) is 12.6 Å². The van der Waals surface area contributed by atoms with Gasteiger partial charge in [-0.1, -0.05) is 23.7 Å². The molecule has 0 aliphatic rings. The van der Waals surface area contributed by atoms with Crippen LogP contribution in [0.3, 0.4) is 0 Å². The third-order valence-corrected chi connectivity index (χ3v) is 3.05. The molecule has 110 valence electrons. The quantitative estimate of drug-likeness (QED) is 0.869. The Labute approximate surface area is 123 Å². The van der Waals surface area contributed by atoms with Crippen molar-refractivity contribution in [3.63, 3.8) is 0 Å². The van der Waals surface area contributed by atoms with Crippen molar-refractivity contribution in [2.75, 3.05) is 0 Å². The van der Waals surface area contributed by atoms with Crippen molar-refractivity contribution in [3.8, 4) is 11.1 Å². The smallest absolute Gasteiger partial charge is 0.416 e. The maximum atomic E-state index is 12.7. The maximum Gasteiger partial charge on any atom is 0.416 e. The zero-order valence-corrected chi connectivity index (χ0v) is 11.2. The first-order valence-corrected chi connectivity index (χ1v) is 6.19. The molecule has 0 saturated heterocycles. The summed E-state index contributed by atoms with van der Waals surface area (Å²) < 4.78 is 38.1. The van der Waals surface area contributed by atoms with E-state index >= 15 is 0 Å². The van der Waals surface area contributed by atoms with Crippen molar-refractivity contribution >= 4 is 17.6 Å². The van der Waals surface area contributed by atoms with E-state index in [1.54, 1.807) is 0 Å². The van der Waals surface area contributed by atoms with Crippen molar-refractivity contribution in [3.05, 3.63) is 52.8 Å². The number of carboxylic acids is 1. The van der Waals surface area contributed by atoms with E-state index in [1.165, 1.54) is 24.4 Å². The van der Waals surface area contributed by atoms with Crippen LogP contribution in [0.1, 0.15) is 11.1 Å². The van der Waals surface area contributed by atoms with Gasteiger partial charge < -0.3 is 5.11 Å². The summed E-state index contributed by atoms with van der Waals surface area (Å²) in [4.78, 5) is 14.5. The number of carboxylic acid groups (broad SMARTS) is 1. The molecule has 21 heavy (non-hydrogen) atoms. The molecule has 3 nitrogen and oxygen atoms in total. The Balaban J connectivity index is 2.48. The summed E-state index contributed by atoms with van der Waals surface area (Å²) in [5, 5.41) is 8.76. The van der Waals surface area contributed by atoms with Crippen molar-refractivity contribution < 1.29 is 23.1 Å². The Morgan fingerprint density at radius 3 is 2.62 bits per heavy atom. The molecule has 0 bridgehead atoms. The van der Waals surface area contributed by atoms with E-state index < -0.39 is 17.7 Å². The van der Waals surface area contributed by atoms with E-state index in [9.17, 15) is 18.0 Å². The Hall–Kier alpha value is -2.08. The number of aromatic nitrogens is 1. The molecule has 0 radical (unpaired) electrons. The zero-order chi connectivity index (χ0) is 15.6. The predicted molar refractivity (Wildman–Crippen MR) is 71.0 cm³/mol. The minimum Gasteiger partial charge on any atom is -0.481 e. The Kier molecular flexibility index (Phi) is 4.18. The molecule has 0 saturated carbocycles. The lowest BCUT2D eigenvalue weighted by molar-refractivity contribution is -0.138. The summed E-state index contributed by atoms with van der Waals surface area (Å²) in [5.74, 6) is -1.06. The minimum atomic E-state index is -4.46. The molecule has 7 heteroatoms. The van der Waals surface area contributed by atoms with E-state index in [0.29, 0.717) is 5.56 Å². The largest absolute Gasteiger partial charge is 0.481 e. The highest BCUT2D eigenvalue weighted by Gasteiger charge is 2.30. The Morgan fingerprint density at radius 2 is 2.00 bits per heavy atom. The number of halogens is 4. The number of carbonyl (C=O) groups is 1. The molecule has 2 aromatic rings. The van der Waals surface area contributed by atoms with E-state index in [-0.39, 0.29) is 22.7 Å².